The Labute approximate surface area is 172 Å². The van der Waals surface area contributed by atoms with Gasteiger partial charge in [-0.3, -0.25) is 0 Å². The maximum atomic E-state index is 10.5. The Bertz CT molecular complexity index is 814. The normalized spacial score (nSPS) is 14.6. The zero-order chi connectivity index (χ0) is 20.1. The summed E-state index contributed by atoms with van der Waals surface area (Å²) in [6.45, 7) is 3.05. The van der Waals surface area contributed by atoms with Gasteiger partial charge in [-0.1, -0.05) is 6.07 Å². The number of nitrogens with one attached hydrogen (secondary N) is 1. The zero-order valence-electron chi connectivity index (χ0n) is 15.8. The summed E-state index contributed by atoms with van der Waals surface area (Å²) in [5, 5.41) is 23.0. The molecule has 2 atom stereocenters. The molecule has 1 heterocycles. The second-order valence-electron chi connectivity index (χ2n) is 6.53. The van der Waals surface area contributed by atoms with Crippen molar-refractivity contribution >= 4 is 15.9 Å². The van der Waals surface area contributed by atoms with Crippen LogP contribution in [0.4, 0.5) is 0 Å². The number of hydrogen-bond donors (Lipinski definition) is 3. The van der Waals surface area contributed by atoms with E-state index in [2.05, 4.69) is 21.2 Å². The Morgan fingerprint density at radius 2 is 1.96 bits per heavy atom. The minimum atomic E-state index is -0.835. The van der Waals surface area contributed by atoms with Gasteiger partial charge < -0.3 is 34.5 Å². The summed E-state index contributed by atoms with van der Waals surface area (Å²) in [6, 6.07) is 9.08. The summed E-state index contributed by atoms with van der Waals surface area (Å²) in [7, 11) is 1.57. The van der Waals surface area contributed by atoms with Gasteiger partial charge in [0.2, 0.25) is 6.79 Å². The summed E-state index contributed by atoms with van der Waals surface area (Å²) >= 11 is 3.51. The third-order valence-electron chi connectivity index (χ3n) is 4.23. The van der Waals surface area contributed by atoms with Crippen molar-refractivity contribution in [2.75, 3.05) is 27.1 Å². The molecule has 0 fully saturated rings. The van der Waals surface area contributed by atoms with Crippen molar-refractivity contribution < 1.29 is 29.2 Å². The van der Waals surface area contributed by atoms with Crippen molar-refractivity contribution in [1.82, 2.24) is 5.32 Å². The van der Waals surface area contributed by atoms with E-state index in [0.29, 0.717) is 41.7 Å². The molecule has 152 valence electrons. The number of ether oxygens (including phenoxy) is 4. The molecule has 2 aromatic carbocycles. The number of aliphatic hydroxyl groups excluding tert-OH is 2. The van der Waals surface area contributed by atoms with Crippen LogP contribution >= 0.6 is 15.9 Å². The van der Waals surface area contributed by atoms with E-state index in [1.165, 1.54) is 0 Å². The first kappa shape index (κ1) is 20.7. The van der Waals surface area contributed by atoms with Gasteiger partial charge in [-0.05, 0) is 58.2 Å². The number of rotatable bonds is 9. The van der Waals surface area contributed by atoms with Crippen molar-refractivity contribution in [1.29, 1.82) is 0 Å². The summed E-state index contributed by atoms with van der Waals surface area (Å²) in [5.41, 5.74) is 1.66. The lowest BCUT2D eigenvalue weighted by atomic mass is 10.1. The van der Waals surface area contributed by atoms with Crippen LogP contribution in [0.15, 0.2) is 34.8 Å². The van der Waals surface area contributed by atoms with Gasteiger partial charge in [0.1, 0.15) is 12.7 Å². The summed E-state index contributed by atoms with van der Waals surface area (Å²) in [6.07, 6.45) is -1.25. The molecule has 0 saturated heterocycles. The van der Waals surface area contributed by atoms with Crippen molar-refractivity contribution in [3.63, 3.8) is 0 Å². The number of halogens is 1. The van der Waals surface area contributed by atoms with Gasteiger partial charge in [-0.15, -0.1) is 0 Å². The van der Waals surface area contributed by atoms with E-state index < -0.39 is 12.2 Å². The standard InChI is InChI=1S/C20H24BrNO6/c1-12(23)8-22-9-13-5-15(21)20(19(6-13)25-2)26-10-16(24)14-3-4-17-18(7-14)28-11-27-17/h3-7,12,16,22-24H,8-11H2,1-2H3. The molecule has 2 unspecified atom stereocenters. The SMILES string of the molecule is COc1cc(CNCC(C)O)cc(Br)c1OCC(O)c1ccc2c(c1)OCO2. The van der Waals surface area contributed by atoms with Crippen LogP contribution in [0.5, 0.6) is 23.0 Å². The summed E-state index contributed by atoms with van der Waals surface area (Å²) < 4.78 is 22.6. The number of aliphatic hydroxyl groups is 2. The number of benzene rings is 2. The summed E-state index contributed by atoms with van der Waals surface area (Å²) in [5.74, 6) is 2.35. The van der Waals surface area contributed by atoms with Crippen LogP contribution in [0, 0.1) is 0 Å². The fourth-order valence-corrected chi connectivity index (χ4v) is 3.42. The second-order valence-corrected chi connectivity index (χ2v) is 7.38. The molecule has 0 bridgehead atoms. The second kappa shape index (κ2) is 9.47. The van der Waals surface area contributed by atoms with Crippen LogP contribution < -0.4 is 24.3 Å². The van der Waals surface area contributed by atoms with Crippen LogP contribution in [0.25, 0.3) is 0 Å². The molecule has 0 radical (unpaired) electrons. The van der Waals surface area contributed by atoms with Gasteiger partial charge in [0, 0.05) is 13.1 Å². The number of fused-ring (bicyclic) bond motifs is 1. The predicted octanol–water partition coefficient (Wildman–Crippen LogP) is 2.77. The Balaban J connectivity index is 1.66. The number of hydrogen-bond acceptors (Lipinski definition) is 7. The lowest BCUT2D eigenvalue weighted by molar-refractivity contribution is 0.105. The fraction of sp³-hybridized carbons (Fsp3) is 0.400. The highest BCUT2D eigenvalue weighted by Gasteiger charge is 2.19. The monoisotopic (exact) mass is 453 g/mol. The molecule has 2 aromatic rings. The predicted molar refractivity (Wildman–Crippen MR) is 107 cm³/mol. The first-order valence-electron chi connectivity index (χ1n) is 8.93. The van der Waals surface area contributed by atoms with E-state index >= 15 is 0 Å². The van der Waals surface area contributed by atoms with E-state index in [1.807, 2.05) is 12.1 Å². The molecular weight excluding hydrogens is 430 g/mol. The topological polar surface area (TPSA) is 89.4 Å². The molecule has 0 aromatic heterocycles. The fourth-order valence-electron chi connectivity index (χ4n) is 2.82. The van der Waals surface area contributed by atoms with Crippen LogP contribution in [-0.4, -0.2) is 43.4 Å². The molecule has 1 aliphatic rings. The Kier molecular flexibility index (Phi) is 7.01. The zero-order valence-corrected chi connectivity index (χ0v) is 17.4. The van der Waals surface area contributed by atoms with E-state index in [1.54, 1.807) is 32.2 Å². The average Bonchev–Trinajstić information content (AvgIpc) is 3.14. The Morgan fingerprint density at radius 3 is 2.71 bits per heavy atom. The van der Waals surface area contributed by atoms with Crippen LogP contribution in [0.2, 0.25) is 0 Å². The molecule has 3 N–H and O–H groups in total. The van der Waals surface area contributed by atoms with Gasteiger partial charge >= 0.3 is 0 Å². The maximum Gasteiger partial charge on any atom is 0.231 e. The van der Waals surface area contributed by atoms with E-state index in [9.17, 15) is 10.2 Å². The van der Waals surface area contributed by atoms with E-state index in [0.717, 1.165) is 10.0 Å². The van der Waals surface area contributed by atoms with Gasteiger partial charge in [0.05, 0.1) is 17.7 Å². The largest absolute Gasteiger partial charge is 0.493 e. The van der Waals surface area contributed by atoms with E-state index in [-0.39, 0.29) is 13.4 Å². The molecule has 0 saturated carbocycles. The highest BCUT2D eigenvalue weighted by molar-refractivity contribution is 9.10. The minimum Gasteiger partial charge on any atom is -0.493 e. The van der Waals surface area contributed by atoms with Crippen molar-refractivity contribution in [2.45, 2.75) is 25.7 Å². The highest BCUT2D eigenvalue weighted by Crippen LogP contribution is 2.38. The van der Waals surface area contributed by atoms with Crippen molar-refractivity contribution in [3.05, 3.63) is 45.9 Å². The third kappa shape index (κ3) is 5.08. The minimum absolute atomic E-state index is 0.0498. The first-order chi connectivity index (χ1) is 13.5. The van der Waals surface area contributed by atoms with Crippen LogP contribution in [0.1, 0.15) is 24.2 Å². The van der Waals surface area contributed by atoms with Gasteiger partial charge in [-0.2, -0.15) is 0 Å². The van der Waals surface area contributed by atoms with E-state index in [4.69, 9.17) is 18.9 Å². The Morgan fingerprint density at radius 1 is 1.18 bits per heavy atom. The lowest BCUT2D eigenvalue weighted by Crippen LogP contribution is -2.23. The van der Waals surface area contributed by atoms with Gasteiger partial charge in [0.15, 0.2) is 23.0 Å². The molecular formula is C20H24BrNO6. The molecule has 0 amide bonds. The van der Waals surface area contributed by atoms with Crippen molar-refractivity contribution in [3.8, 4) is 23.0 Å². The van der Waals surface area contributed by atoms with Crippen LogP contribution in [0.3, 0.4) is 0 Å². The molecule has 1 aliphatic heterocycles. The molecule has 8 heteroatoms. The maximum absolute atomic E-state index is 10.5. The lowest BCUT2D eigenvalue weighted by Gasteiger charge is -2.17. The molecule has 28 heavy (non-hydrogen) atoms. The average molecular weight is 454 g/mol. The quantitative estimate of drug-likeness (QED) is 0.537. The van der Waals surface area contributed by atoms with Gasteiger partial charge in [0.25, 0.3) is 0 Å². The Hall–Kier alpha value is -2.00. The molecule has 7 nitrogen and oxygen atoms in total. The van der Waals surface area contributed by atoms with Crippen molar-refractivity contribution in [2.24, 2.45) is 0 Å². The van der Waals surface area contributed by atoms with Crippen LogP contribution in [-0.2, 0) is 6.54 Å². The third-order valence-corrected chi connectivity index (χ3v) is 4.81. The molecule has 0 aliphatic carbocycles. The summed E-state index contributed by atoms with van der Waals surface area (Å²) in [4.78, 5) is 0. The van der Waals surface area contributed by atoms with Gasteiger partial charge in [-0.25, -0.2) is 0 Å². The highest BCUT2D eigenvalue weighted by atomic mass is 79.9. The number of methoxy groups -OCH3 is 1. The first-order valence-corrected chi connectivity index (χ1v) is 9.73. The molecule has 0 spiro atoms. The smallest absolute Gasteiger partial charge is 0.231 e. The molecule has 3 rings (SSSR count).